The molecule has 1 aliphatic rings. The Morgan fingerprint density at radius 1 is 1.33 bits per heavy atom. The van der Waals surface area contributed by atoms with Crippen LogP contribution in [0.1, 0.15) is 20.8 Å². The second kappa shape index (κ2) is 7.14. The van der Waals surface area contributed by atoms with Crippen LogP contribution in [0.3, 0.4) is 0 Å². The Labute approximate surface area is 142 Å². The average molecular weight is 350 g/mol. The number of carbonyl (C=O) groups is 1. The molecule has 0 aromatic heterocycles. The predicted octanol–water partition coefficient (Wildman–Crippen LogP) is 2.40. The Hall–Kier alpha value is -2.19. The smallest absolute Gasteiger partial charge is 0.307 e. The maximum absolute atomic E-state index is 12.4. The summed E-state index contributed by atoms with van der Waals surface area (Å²) in [7, 11) is -3.63. The van der Waals surface area contributed by atoms with Gasteiger partial charge in [-0.2, -0.15) is 0 Å². The SMILES string of the molecule is CC(C)(C)CNS(=O)(=O)c1cccc(NC(=O)N2C=CC=NC2)c1. The molecule has 0 unspecified atom stereocenters. The van der Waals surface area contributed by atoms with Crippen molar-refractivity contribution in [2.45, 2.75) is 25.7 Å². The van der Waals surface area contributed by atoms with Gasteiger partial charge in [-0.1, -0.05) is 26.8 Å². The monoisotopic (exact) mass is 350 g/mol. The van der Waals surface area contributed by atoms with Gasteiger partial charge in [-0.05, 0) is 29.7 Å². The van der Waals surface area contributed by atoms with Gasteiger partial charge in [0.1, 0.15) is 6.67 Å². The number of benzene rings is 1. The summed E-state index contributed by atoms with van der Waals surface area (Å²) in [4.78, 5) is 17.6. The van der Waals surface area contributed by atoms with Crippen LogP contribution in [0, 0.1) is 5.41 Å². The molecule has 0 atom stereocenters. The molecule has 2 rings (SSSR count). The van der Waals surface area contributed by atoms with Gasteiger partial charge in [0.15, 0.2) is 0 Å². The number of amides is 2. The van der Waals surface area contributed by atoms with E-state index < -0.39 is 10.0 Å². The van der Waals surface area contributed by atoms with Crippen LogP contribution in [-0.4, -0.2) is 38.8 Å². The van der Waals surface area contributed by atoms with E-state index in [2.05, 4.69) is 15.0 Å². The highest BCUT2D eigenvalue weighted by molar-refractivity contribution is 7.89. The Morgan fingerprint density at radius 2 is 2.08 bits per heavy atom. The summed E-state index contributed by atoms with van der Waals surface area (Å²) in [5, 5.41) is 2.67. The van der Waals surface area contributed by atoms with Crippen molar-refractivity contribution >= 4 is 28.0 Å². The average Bonchev–Trinajstić information content (AvgIpc) is 2.53. The molecule has 0 saturated carbocycles. The topological polar surface area (TPSA) is 90.9 Å². The van der Waals surface area contributed by atoms with Gasteiger partial charge in [0.05, 0.1) is 4.90 Å². The lowest BCUT2D eigenvalue weighted by atomic mass is 9.98. The Balaban J connectivity index is 2.09. The number of nitrogens with zero attached hydrogens (tertiary/aromatic N) is 2. The minimum Gasteiger partial charge on any atom is -0.307 e. The van der Waals surface area contributed by atoms with Crippen molar-refractivity contribution in [2.75, 3.05) is 18.5 Å². The molecular formula is C16H22N4O3S. The first-order valence-electron chi connectivity index (χ1n) is 7.51. The lowest BCUT2D eigenvalue weighted by molar-refractivity contribution is 0.229. The summed E-state index contributed by atoms with van der Waals surface area (Å²) in [6.07, 6.45) is 4.87. The highest BCUT2D eigenvalue weighted by Gasteiger charge is 2.19. The maximum atomic E-state index is 12.4. The molecule has 2 amide bonds. The van der Waals surface area contributed by atoms with E-state index in [9.17, 15) is 13.2 Å². The normalized spacial score (nSPS) is 14.7. The number of sulfonamides is 1. The molecule has 2 N–H and O–H groups in total. The van der Waals surface area contributed by atoms with Gasteiger partial charge in [-0.25, -0.2) is 17.9 Å². The quantitative estimate of drug-likeness (QED) is 0.873. The summed E-state index contributed by atoms with van der Waals surface area (Å²) >= 11 is 0. The zero-order valence-electron chi connectivity index (χ0n) is 14.0. The number of hydrogen-bond acceptors (Lipinski definition) is 4. The van der Waals surface area contributed by atoms with Gasteiger partial charge in [-0.15, -0.1) is 0 Å². The third-order valence-electron chi connectivity index (χ3n) is 3.14. The molecule has 130 valence electrons. The Kier molecular flexibility index (Phi) is 5.40. The standard InChI is InChI=1S/C16H22N4O3S/c1-16(2,3)11-18-24(22,23)14-7-4-6-13(10-14)19-15(21)20-9-5-8-17-12-20/h4-10,18H,11-12H2,1-3H3,(H,19,21). The molecule has 24 heavy (non-hydrogen) atoms. The lowest BCUT2D eigenvalue weighted by Gasteiger charge is -2.20. The number of urea groups is 1. The van der Waals surface area contributed by atoms with E-state index in [-0.39, 0.29) is 23.0 Å². The molecule has 0 spiro atoms. The largest absolute Gasteiger partial charge is 0.327 e. The number of nitrogens with one attached hydrogen (secondary N) is 2. The molecule has 0 radical (unpaired) electrons. The molecule has 0 bridgehead atoms. The molecule has 1 heterocycles. The van der Waals surface area contributed by atoms with E-state index in [1.165, 1.54) is 17.0 Å². The minimum absolute atomic E-state index is 0.108. The minimum atomic E-state index is -3.63. The van der Waals surface area contributed by atoms with E-state index in [1.54, 1.807) is 30.6 Å². The van der Waals surface area contributed by atoms with Crippen LogP contribution in [0.5, 0.6) is 0 Å². The van der Waals surface area contributed by atoms with Crippen molar-refractivity contribution in [1.82, 2.24) is 9.62 Å². The van der Waals surface area contributed by atoms with Crippen molar-refractivity contribution in [3.05, 3.63) is 36.5 Å². The molecule has 1 aromatic carbocycles. The van der Waals surface area contributed by atoms with Crippen molar-refractivity contribution in [3.8, 4) is 0 Å². The van der Waals surface area contributed by atoms with Crippen LogP contribution in [0.4, 0.5) is 10.5 Å². The third-order valence-corrected chi connectivity index (χ3v) is 4.54. The second-order valence-corrected chi connectivity index (χ2v) is 8.39. The first-order chi connectivity index (χ1) is 11.2. The summed E-state index contributed by atoms with van der Waals surface area (Å²) < 4.78 is 27.3. The van der Waals surface area contributed by atoms with Gasteiger partial charge >= 0.3 is 6.03 Å². The Morgan fingerprint density at radius 3 is 2.71 bits per heavy atom. The summed E-state index contributed by atoms with van der Waals surface area (Å²) in [6, 6.07) is 5.77. The molecule has 1 aliphatic heterocycles. The zero-order valence-corrected chi connectivity index (χ0v) is 14.8. The highest BCUT2D eigenvalue weighted by Crippen LogP contribution is 2.18. The van der Waals surface area contributed by atoms with Crippen molar-refractivity contribution in [2.24, 2.45) is 10.4 Å². The number of rotatable bonds is 4. The fourth-order valence-corrected chi connectivity index (χ4v) is 3.18. The first kappa shape index (κ1) is 18.2. The van der Waals surface area contributed by atoms with Gasteiger partial charge in [0.2, 0.25) is 10.0 Å². The molecule has 0 saturated heterocycles. The van der Waals surface area contributed by atoms with Crippen molar-refractivity contribution in [3.63, 3.8) is 0 Å². The number of aliphatic imine (C=N–C) groups is 1. The fraction of sp³-hybridized carbons (Fsp3) is 0.375. The molecule has 0 fully saturated rings. The lowest BCUT2D eigenvalue weighted by Crippen LogP contribution is -2.33. The van der Waals surface area contributed by atoms with Crippen LogP contribution in [0.25, 0.3) is 0 Å². The molecular weight excluding hydrogens is 328 g/mol. The van der Waals surface area contributed by atoms with Crippen LogP contribution >= 0.6 is 0 Å². The summed E-state index contributed by atoms with van der Waals surface area (Å²) in [5.41, 5.74) is 0.238. The third kappa shape index (κ3) is 5.17. The van der Waals surface area contributed by atoms with Gasteiger partial charge in [-0.3, -0.25) is 9.89 Å². The summed E-state index contributed by atoms with van der Waals surface area (Å²) in [5.74, 6) is 0. The van der Waals surface area contributed by atoms with Crippen LogP contribution < -0.4 is 10.0 Å². The number of anilines is 1. The van der Waals surface area contributed by atoms with Gasteiger partial charge in [0, 0.05) is 24.6 Å². The predicted molar refractivity (Wildman–Crippen MR) is 94.4 cm³/mol. The first-order valence-corrected chi connectivity index (χ1v) is 9.00. The van der Waals surface area contributed by atoms with Crippen molar-refractivity contribution in [1.29, 1.82) is 0 Å². The highest BCUT2D eigenvalue weighted by atomic mass is 32.2. The number of carbonyl (C=O) groups excluding carboxylic acids is 1. The second-order valence-electron chi connectivity index (χ2n) is 6.63. The van der Waals surface area contributed by atoms with Gasteiger partial charge < -0.3 is 5.32 Å². The fourth-order valence-electron chi connectivity index (χ4n) is 1.85. The number of allylic oxidation sites excluding steroid dienone is 1. The van der Waals surface area contributed by atoms with Crippen LogP contribution in [-0.2, 0) is 10.0 Å². The van der Waals surface area contributed by atoms with Crippen LogP contribution in [0.2, 0.25) is 0 Å². The van der Waals surface area contributed by atoms with Crippen molar-refractivity contribution < 1.29 is 13.2 Å². The molecule has 1 aromatic rings. The Bertz CT molecular complexity index is 764. The zero-order chi connectivity index (χ0) is 17.8. The maximum Gasteiger partial charge on any atom is 0.327 e. The van der Waals surface area contributed by atoms with E-state index >= 15 is 0 Å². The van der Waals surface area contributed by atoms with E-state index in [1.807, 2.05) is 20.8 Å². The van der Waals surface area contributed by atoms with E-state index in [0.717, 1.165) is 0 Å². The molecule has 8 heteroatoms. The van der Waals surface area contributed by atoms with Crippen LogP contribution in [0.15, 0.2) is 46.4 Å². The summed E-state index contributed by atoms with van der Waals surface area (Å²) in [6.45, 7) is 6.39. The number of hydrogen-bond donors (Lipinski definition) is 2. The van der Waals surface area contributed by atoms with E-state index in [4.69, 9.17) is 0 Å². The molecule has 7 nitrogen and oxygen atoms in total. The van der Waals surface area contributed by atoms with E-state index in [0.29, 0.717) is 12.2 Å². The van der Waals surface area contributed by atoms with Gasteiger partial charge in [0.25, 0.3) is 0 Å². The molecule has 0 aliphatic carbocycles.